The van der Waals surface area contributed by atoms with Crippen LogP contribution in [-0.2, 0) is 5.33 Å². The summed E-state index contributed by atoms with van der Waals surface area (Å²) in [6, 6.07) is 9.43. The first-order chi connectivity index (χ1) is 9.10. The average molecular weight is 320 g/mol. The number of alkyl halides is 1. The lowest BCUT2D eigenvalue weighted by Gasteiger charge is -2.07. The van der Waals surface area contributed by atoms with Crippen molar-refractivity contribution in [2.75, 3.05) is 5.32 Å². The molecule has 0 radical (unpaired) electrons. The SMILES string of the molecule is Cc1cc(C(=O)Nc2ccc(CBr)cc2)c(C)nn1. The maximum absolute atomic E-state index is 12.2. The Morgan fingerprint density at radius 1 is 1.21 bits per heavy atom. The lowest BCUT2D eigenvalue weighted by molar-refractivity contribution is 0.102. The Morgan fingerprint density at radius 2 is 1.89 bits per heavy atom. The van der Waals surface area contributed by atoms with Crippen LogP contribution in [0.4, 0.5) is 5.69 Å². The zero-order valence-corrected chi connectivity index (χ0v) is 12.4. The van der Waals surface area contributed by atoms with Crippen molar-refractivity contribution in [3.05, 3.63) is 52.8 Å². The monoisotopic (exact) mass is 319 g/mol. The molecule has 2 rings (SSSR count). The quantitative estimate of drug-likeness (QED) is 0.883. The second-order valence-electron chi connectivity index (χ2n) is 4.27. The van der Waals surface area contributed by atoms with Crippen molar-refractivity contribution in [2.45, 2.75) is 19.2 Å². The number of aromatic nitrogens is 2. The van der Waals surface area contributed by atoms with Crippen molar-refractivity contribution in [1.82, 2.24) is 10.2 Å². The first-order valence-electron chi connectivity index (χ1n) is 5.87. The Morgan fingerprint density at radius 3 is 2.53 bits per heavy atom. The summed E-state index contributed by atoms with van der Waals surface area (Å²) in [7, 11) is 0. The molecule has 1 aromatic carbocycles. The number of hydrogen-bond donors (Lipinski definition) is 1. The van der Waals surface area contributed by atoms with Gasteiger partial charge in [0.2, 0.25) is 0 Å². The van der Waals surface area contributed by atoms with Gasteiger partial charge < -0.3 is 5.32 Å². The van der Waals surface area contributed by atoms with E-state index in [0.717, 1.165) is 22.3 Å². The van der Waals surface area contributed by atoms with Crippen LogP contribution in [0, 0.1) is 13.8 Å². The number of aryl methyl sites for hydroxylation is 2. The molecule has 0 unspecified atom stereocenters. The molecule has 0 spiro atoms. The predicted molar refractivity (Wildman–Crippen MR) is 78.5 cm³/mol. The molecule has 0 aliphatic carbocycles. The van der Waals surface area contributed by atoms with Gasteiger partial charge in [-0.3, -0.25) is 4.79 Å². The van der Waals surface area contributed by atoms with Crippen molar-refractivity contribution in [3.8, 4) is 0 Å². The van der Waals surface area contributed by atoms with Crippen molar-refractivity contribution in [3.63, 3.8) is 0 Å². The van der Waals surface area contributed by atoms with E-state index in [0.29, 0.717) is 11.3 Å². The molecule has 4 nitrogen and oxygen atoms in total. The van der Waals surface area contributed by atoms with Crippen molar-refractivity contribution in [1.29, 1.82) is 0 Å². The third-order valence-corrected chi connectivity index (χ3v) is 3.36. The fraction of sp³-hybridized carbons (Fsp3) is 0.214. The molecule has 0 aliphatic heterocycles. The van der Waals surface area contributed by atoms with Crippen LogP contribution < -0.4 is 5.32 Å². The van der Waals surface area contributed by atoms with E-state index in [4.69, 9.17) is 0 Å². The second-order valence-corrected chi connectivity index (χ2v) is 4.83. The van der Waals surface area contributed by atoms with Crippen LogP contribution in [0.3, 0.4) is 0 Å². The van der Waals surface area contributed by atoms with Gasteiger partial charge in [-0.1, -0.05) is 28.1 Å². The first kappa shape index (κ1) is 13.7. The lowest BCUT2D eigenvalue weighted by atomic mass is 10.1. The Bertz CT molecular complexity index is 596. The van der Waals surface area contributed by atoms with Crippen LogP contribution in [-0.4, -0.2) is 16.1 Å². The summed E-state index contributed by atoms with van der Waals surface area (Å²) in [4.78, 5) is 12.2. The number of carbonyl (C=O) groups excluding carboxylic acids is 1. The zero-order chi connectivity index (χ0) is 13.8. The van der Waals surface area contributed by atoms with E-state index in [1.165, 1.54) is 0 Å². The van der Waals surface area contributed by atoms with Gasteiger partial charge in [-0.15, -0.1) is 0 Å². The first-order valence-corrected chi connectivity index (χ1v) is 6.99. The van der Waals surface area contributed by atoms with E-state index >= 15 is 0 Å². The van der Waals surface area contributed by atoms with Gasteiger partial charge >= 0.3 is 0 Å². The highest BCUT2D eigenvalue weighted by Gasteiger charge is 2.11. The summed E-state index contributed by atoms with van der Waals surface area (Å²) < 4.78 is 0. The normalized spacial score (nSPS) is 10.3. The van der Waals surface area contributed by atoms with Gasteiger partial charge in [-0.05, 0) is 37.6 Å². The predicted octanol–water partition coefficient (Wildman–Crippen LogP) is 3.24. The highest BCUT2D eigenvalue weighted by atomic mass is 79.9. The van der Waals surface area contributed by atoms with Gasteiger partial charge in [0.05, 0.1) is 17.0 Å². The number of benzene rings is 1. The molecule has 0 saturated carbocycles. The summed E-state index contributed by atoms with van der Waals surface area (Å²) in [6.45, 7) is 3.59. The molecule has 0 atom stereocenters. The Hall–Kier alpha value is -1.75. The second kappa shape index (κ2) is 5.93. The molecule has 1 amide bonds. The highest BCUT2D eigenvalue weighted by Crippen LogP contribution is 2.14. The minimum Gasteiger partial charge on any atom is -0.322 e. The summed E-state index contributed by atoms with van der Waals surface area (Å²) in [5.41, 5.74) is 3.84. The van der Waals surface area contributed by atoms with Crippen molar-refractivity contribution >= 4 is 27.5 Å². The number of hydrogen-bond acceptors (Lipinski definition) is 3. The lowest BCUT2D eigenvalue weighted by Crippen LogP contribution is -2.15. The van der Waals surface area contributed by atoms with E-state index in [9.17, 15) is 4.79 Å². The average Bonchev–Trinajstić information content (AvgIpc) is 2.42. The molecule has 0 bridgehead atoms. The fourth-order valence-corrected chi connectivity index (χ4v) is 2.03. The Balaban J connectivity index is 2.18. The third kappa shape index (κ3) is 3.38. The van der Waals surface area contributed by atoms with Crippen LogP contribution in [0.2, 0.25) is 0 Å². The van der Waals surface area contributed by atoms with Crippen LogP contribution in [0.25, 0.3) is 0 Å². The smallest absolute Gasteiger partial charge is 0.257 e. The summed E-state index contributed by atoms with van der Waals surface area (Å²) in [5.74, 6) is -0.165. The number of anilines is 1. The van der Waals surface area contributed by atoms with E-state index in [1.807, 2.05) is 31.2 Å². The maximum atomic E-state index is 12.2. The van der Waals surface area contributed by atoms with E-state index in [1.54, 1.807) is 13.0 Å². The van der Waals surface area contributed by atoms with Crippen LogP contribution >= 0.6 is 15.9 Å². The topological polar surface area (TPSA) is 54.9 Å². The third-order valence-electron chi connectivity index (χ3n) is 2.71. The summed E-state index contributed by atoms with van der Waals surface area (Å²) in [6.07, 6.45) is 0. The molecule has 19 heavy (non-hydrogen) atoms. The van der Waals surface area contributed by atoms with Crippen molar-refractivity contribution in [2.24, 2.45) is 0 Å². The summed E-state index contributed by atoms with van der Waals surface area (Å²) in [5, 5.41) is 11.5. The molecular weight excluding hydrogens is 306 g/mol. The molecule has 5 heteroatoms. The Kier molecular flexibility index (Phi) is 4.27. The van der Waals surface area contributed by atoms with Crippen LogP contribution in [0.1, 0.15) is 27.3 Å². The molecular formula is C14H14BrN3O. The number of amides is 1. The van der Waals surface area contributed by atoms with E-state index in [-0.39, 0.29) is 5.91 Å². The van der Waals surface area contributed by atoms with E-state index < -0.39 is 0 Å². The minimum atomic E-state index is -0.165. The van der Waals surface area contributed by atoms with Gasteiger partial charge in [0.1, 0.15) is 0 Å². The zero-order valence-electron chi connectivity index (χ0n) is 10.8. The van der Waals surface area contributed by atoms with Gasteiger partial charge in [-0.25, -0.2) is 0 Å². The molecule has 1 N–H and O–H groups in total. The minimum absolute atomic E-state index is 0.165. The number of nitrogens with zero attached hydrogens (tertiary/aromatic N) is 2. The molecule has 1 heterocycles. The number of rotatable bonds is 3. The number of nitrogens with one attached hydrogen (secondary N) is 1. The standard InChI is InChI=1S/C14H14BrN3O/c1-9-7-13(10(2)18-17-9)14(19)16-12-5-3-11(8-15)4-6-12/h3-7H,8H2,1-2H3,(H,16,19). The van der Waals surface area contributed by atoms with Crippen LogP contribution in [0.5, 0.6) is 0 Å². The molecule has 0 saturated heterocycles. The fourth-order valence-electron chi connectivity index (χ4n) is 1.66. The molecule has 0 fully saturated rings. The van der Waals surface area contributed by atoms with Gasteiger partial charge in [-0.2, -0.15) is 10.2 Å². The highest BCUT2D eigenvalue weighted by molar-refractivity contribution is 9.08. The number of halogens is 1. The van der Waals surface area contributed by atoms with Gasteiger partial charge in [0, 0.05) is 11.0 Å². The number of carbonyl (C=O) groups is 1. The Labute approximate surface area is 120 Å². The largest absolute Gasteiger partial charge is 0.322 e. The summed E-state index contributed by atoms with van der Waals surface area (Å²) >= 11 is 3.38. The molecule has 0 aliphatic rings. The van der Waals surface area contributed by atoms with Gasteiger partial charge in [0.15, 0.2) is 0 Å². The van der Waals surface area contributed by atoms with E-state index in [2.05, 4.69) is 31.4 Å². The molecule has 98 valence electrons. The maximum Gasteiger partial charge on any atom is 0.257 e. The van der Waals surface area contributed by atoms with Gasteiger partial charge in [0.25, 0.3) is 5.91 Å². The molecule has 2 aromatic rings. The molecule has 1 aromatic heterocycles. The van der Waals surface area contributed by atoms with Crippen LogP contribution in [0.15, 0.2) is 30.3 Å². The van der Waals surface area contributed by atoms with Crippen molar-refractivity contribution < 1.29 is 4.79 Å².